The second kappa shape index (κ2) is 7.88. The Labute approximate surface area is 126 Å². The van der Waals surface area contributed by atoms with Gasteiger partial charge in [-0.3, -0.25) is 0 Å². The van der Waals surface area contributed by atoms with Gasteiger partial charge in [-0.2, -0.15) is 0 Å². The van der Waals surface area contributed by atoms with Crippen LogP contribution in [0.25, 0.3) is 0 Å². The summed E-state index contributed by atoms with van der Waals surface area (Å²) in [6, 6.07) is 7.86. The van der Waals surface area contributed by atoms with Crippen molar-refractivity contribution in [1.82, 2.24) is 5.32 Å². The highest BCUT2D eigenvalue weighted by Gasteiger charge is 2.17. The molecule has 3 N–H and O–H groups in total. The molecule has 0 aliphatic carbocycles. The quantitative estimate of drug-likeness (QED) is 0.844. The normalized spacial score (nSPS) is 12.6. The first kappa shape index (κ1) is 17.3. The second-order valence-corrected chi connectivity index (χ2v) is 6.04. The van der Waals surface area contributed by atoms with Gasteiger partial charge in [0.1, 0.15) is 11.4 Å². The number of methoxy groups -OCH3 is 1. The first-order valence-electron chi connectivity index (χ1n) is 7.14. The van der Waals surface area contributed by atoms with Crippen molar-refractivity contribution in [2.24, 2.45) is 11.7 Å². The third kappa shape index (κ3) is 6.99. The van der Waals surface area contributed by atoms with Gasteiger partial charge in [-0.1, -0.05) is 12.1 Å². The Balaban J connectivity index is 2.49. The Bertz CT molecular complexity index is 455. The Kier molecular flexibility index (Phi) is 6.49. The van der Waals surface area contributed by atoms with E-state index in [1.165, 1.54) is 0 Å². The van der Waals surface area contributed by atoms with E-state index in [-0.39, 0.29) is 5.92 Å². The van der Waals surface area contributed by atoms with Crippen LogP contribution in [0.1, 0.15) is 26.3 Å². The highest BCUT2D eigenvalue weighted by molar-refractivity contribution is 5.67. The summed E-state index contributed by atoms with van der Waals surface area (Å²) in [7, 11) is 1.64. The summed E-state index contributed by atoms with van der Waals surface area (Å²) in [5.74, 6) is 0.980. The Morgan fingerprint density at radius 3 is 2.67 bits per heavy atom. The van der Waals surface area contributed by atoms with Gasteiger partial charge in [-0.05, 0) is 57.4 Å². The molecule has 0 spiro atoms. The van der Waals surface area contributed by atoms with Crippen molar-refractivity contribution in [2.75, 3.05) is 20.2 Å². The molecule has 118 valence electrons. The van der Waals surface area contributed by atoms with Crippen molar-refractivity contribution in [1.29, 1.82) is 0 Å². The van der Waals surface area contributed by atoms with Crippen LogP contribution in [0.4, 0.5) is 4.79 Å². The molecule has 0 fully saturated rings. The van der Waals surface area contributed by atoms with Gasteiger partial charge in [0.15, 0.2) is 0 Å². The van der Waals surface area contributed by atoms with E-state index >= 15 is 0 Å². The average molecular weight is 294 g/mol. The summed E-state index contributed by atoms with van der Waals surface area (Å²) < 4.78 is 10.4. The van der Waals surface area contributed by atoms with E-state index in [4.69, 9.17) is 15.2 Å². The largest absolute Gasteiger partial charge is 0.497 e. The highest BCUT2D eigenvalue weighted by atomic mass is 16.6. The zero-order valence-electron chi connectivity index (χ0n) is 13.3. The number of hydrogen-bond acceptors (Lipinski definition) is 4. The number of hydrogen-bond donors (Lipinski definition) is 2. The smallest absolute Gasteiger partial charge is 0.407 e. The summed E-state index contributed by atoms with van der Waals surface area (Å²) in [6.07, 6.45) is 0.371. The molecule has 0 radical (unpaired) electrons. The van der Waals surface area contributed by atoms with Gasteiger partial charge in [0.05, 0.1) is 7.11 Å². The summed E-state index contributed by atoms with van der Waals surface area (Å²) in [5.41, 5.74) is 6.43. The minimum Gasteiger partial charge on any atom is -0.497 e. The molecule has 0 saturated carbocycles. The van der Waals surface area contributed by atoms with Gasteiger partial charge >= 0.3 is 6.09 Å². The first-order valence-corrected chi connectivity index (χ1v) is 7.14. The minimum atomic E-state index is -0.491. The fourth-order valence-electron chi connectivity index (χ4n) is 1.91. The summed E-state index contributed by atoms with van der Waals surface area (Å²) in [6.45, 7) is 6.49. The Morgan fingerprint density at radius 1 is 1.38 bits per heavy atom. The maximum absolute atomic E-state index is 11.6. The number of ether oxygens (including phenoxy) is 2. The van der Waals surface area contributed by atoms with Crippen molar-refractivity contribution in [3.63, 3.8) is 0 Å². The number of amides is 1. The molecule has 1 amide bonds. The van der Waals surface area contributed by atoms with Crippen LogP contribution < -0.4 is 15.8 Å². The van der Waals surface area contributed by atoms with Gasteiger partial charge in [-0.15, -0.1) is 0 Å². The van der Waals surface area contributed by atoms with Gasteiger partial charge < -0.3 is 20.5 Å². The molecule has 5 heteroatoms. The lowest BCUT2D eigenvalue weighted by molar-refractivity contribution is 0.0520. The lowest BCUT2D eigenvalue weighted by Crippen LogP contribution is -2.37. The molecule has 0 aliphatic rings. The Morgan fingerprint density at radius 2 is 2.10 bits per heavy atom. The van der Waals surface area contributed by atoms with Crippen LogP contribution in [0.5, 0.6) is 5.75 Å². The van der Waals surface area contributed by atoms with Gasteiger partial charge in [0, 0.05) is 6.54 Å². The van der Waals surface area contributed by atoms with Gasteiger partial charge in [-0.25, -0.2) is 4.79 Å². The molecule has 0 bridgehead atoms. The lowest BCUT2D eigenvalue weighted by atomic mass is 9.99. The molecule has 0 saturated heterocycles. The second-order valence-electron chi connectivity index (χ2n) is 6.04. The Hall–Kier alpha value is -1.75. The standard InChI is InChI=1S/C16H26N2O3/c1-16(2,3)21-15(19)18-11-13(10-17)8-12-6-5-7-14(9-12)20-4/h5-7,9,13H,8,10-11,17H2,1-4H3,(H,18,19). The number of benzene rings is 1. The van der Waals surface area contributed by atoms with Crippen molar-refractivity contribution in [3.05, 3.63) is 29.8 Å². The van der Waals surface area contributed by atoms with E-state index in [2.05, 4.69) is 5.32 Å². The highest BCUT2D eigenvalue weighted by Crippen LogP contribution is 2.15. The van der Waals surface area contributed by atoms with Crippen LogP contribution in [0.2, 0.25) is 0 Å². The van der Waals surface area contributed by atoms with Crippen LogP contribution in [0.3, 0.4) is 0 Å². The monoisotopic (exact) mass is 294 g/mol. The van der Waals surface area contributed by atoms with E-state index in [1.54, 1.807) is 7.11 Å². The third-order valence-corrected chi connectivity index (χ3v) is 2.93. The number of rotatable bonds is 6. The molecule has 0 aliphatic heterocycles. The fourth-order valence-corrected chi connectivity index (χ4v) is 1.91. The zero-order valence-corrected chi connectivity index (χ0v) is 13.3. The first-order chi connectivity index (χ1) is 9.84. The van der Waals surface area contributed by atoms with Crippen LogP contribution in [0.15, 0.2) is 24.3 Å². The number of nitrogens with two attached hydrogens (primary N) is 1. The van der Waals surface area contributed by atoms with E-state index in [0.29, 0.717) is 13.1 Å². The molecule has 5 nitrogen and oxygen atoms in total. The number of carbonyl (C=O) groups excluding carboxylic acids is 1. The van der Waals surface area contributed by atoms with Crippen LogP contribution in [0, 0.1) is 5.92 Å². The van der Waals surface area contributed by atoms with E-state index in [0.717, 1.165) is 17.7 Å². The minimum absolute atomic E-state index is 0.157. The summed E-state index contributed by atoms with van der Waals surface area (Å²) in [4.78, 5) is 11.6. The van der Waals surface area contributed by atoms with E-state index in [9.17, 15) is 4.79 Å². The number of carbonyl (C=O) groups is 1. The van der Waals surface area contributed by atoms with Gasteiger partial charge in [0.2, 0.25) is 0 Å². The lowest BCUT2D eigenvalue weighted by Gasteiger charge is -2.21. The van der Waals surface area contributed by atoms with Crippen molar-refractivity contribution >= 4 is 6.09 Å². The topological polar surface area (TPSA) is 73.6 Å². The van der Waals surface area contributed by atoms with E-state index in [1.807, 2.05) is 45.0 Å². The molecule has 1 atom stereocenters. The predicted octanol–water partition coefficient (Wildman–Crippen LogP) is 2.34. The summed E-state index contributed by atoms with van der Waals surface area (Å²) in [5, 5.41) is 2.77. The van der Waals surface area contributed by atoms with Crippen molar-refractivity contribution in [2.45, 2.75) is 32.8 Å². The predicted molar refractivity (Wildman–Crippen MR) is 83.5 cm³/mol. The number of alkyl carbamates (subject to hydrolysis) is 1. The number of nitrogens with one attached hydrogen (secondary N) is 1. The third-order valence-electron chi connectivity index (χ3n) is 2.93. The maximum atomic E-state index is 11.6. The van der Waals surface area contributed by atoms with Crippen LogP contribution in [-0.4, -0.2) is 31.9 Å². The van der Waals surface area contributed by atoms with Crippen molar-refractivity contribution < 1.29 is 14.3 Å². The molecule has 21 heavy (non-hydrogen) atoms. The zero-order chi connectivity index (χ0) is 15.9. The molecule has 0 heterocycles. The SMILES string of the molecule is COc1cccc(CC(CN)CNC(=O)OC(C)(C)C)c1. The van der Waals surface area contributed by atoms with Crippen molar-refractivity contribution in [3.8, 4) is 5.75 Å². The molecule has 1 aromatic carbocycles. The molecular formula is C16H26N2O3. The molecule has 1 rings (SSSR count). The van der Waals surface area contributed by atoms with Gasteiger partial charge in [0.25, 0.3) is 0 Å². The van der Waals surface area contributed by atoms with Crippen LogP contribution >= 0.6 is 0 Å². The molecule has 1 aromatic rings. The summed E-state index contributed by atoms with van der Waals surface area (Å²) >= 11 is 0. The van der Waals surface area contributed by atoms with Crippen LogP contribution in [-0.2, 0) is 11.2 Å². The molecule has 0 aromatic heterocycles. The molecular weight excluding hydrogens is 268 g/mol. The molecule has 1 unspecified atom stereocenters. The maximum Gasteiger partial charge on any atom is 0.407 e. The average Bonchev–Trinajstić information content (AvgIpc) is 2.41. The fraction of sp³-hybridized carbons (Fsp3) is 0.562. The van der Waals surface area contributed by atoms with E-state index < -0.39 is 11.7 Å².